The van der Waals surface area contributed by atoms with Crippen molar-refractivity contribution in [3.05, 3.63) is 39.3 Å². The molecule has 7 nitrogen and oxygen atoms in total. The minimum absolute atomic E-state index is 0.125. The summed E-state index contributed by atoms with van der Waals surface area (Å²) in [6.45, 7) is 7.97. The van der Waals surface area contributed by atoms with Crippen LogP contribution in [0.4, 0.5) is 0 Å². The van der Waals surface area contributed by atoms with Gasteiger partial charge in [-0.25, -0.2) is 0 Å². The lowest BCUT2D eigenvalue weighted by molar-refractivity contribution is 0.0554. The number of fused-ring (bicyclic) bond motifs is 1. The second-order valence-electron chi connectivity index (χ2n) is 9.14. The first-order chi connectivity index (χ1) is 15.7. The van der Waals surface area contributed by atoms with Crippen molar-refractivity contribution < 1.29 is 9.59 Å². The third-order valence-electron chi connectivity index (χ3n) is 7.32. The van der Waals surface area contributed by atoms with Gasteiger partial charge in [-0.05, 0) is 56.9 Å². The van der Waals surface area contributed by atoms with Crippen molar-refractivity contribution in [2.75, 3.05) is 39.3 Å². The molecule has 0 N–H and O–H groups in total. The monoisotopic (exact) mass is 455 g/mol. The Kier molecular flexibility index (Phi) is 6.33. The molecular formula is C24H33N5O2S. The highest BCUT2D eigenvalue weighted by Crippen LogP contribution is 2.29. The number of rotatable bonds is 4. The third kappa shape index (κ3) is 4.10. The summed E-state index contributed by atoms with van der Waals surface area (Å²) in [5, 5.41) is 6.74. The van der Waals surface area contributed by atoms with Crippen molar-refractivity contribution in [3.8, 4) is 0 Å². The van der Waals surface area contributed by atoms with Crippen molar-refractivity contribution in [2.24, 2.45) is 0 Å². The van der Waals surface area contributed by atoms with E-state index >= 15 is 0 Å². The number of aryl methyl sites for hydroxylation is 1. The van der Waals surface area contributed by atoms with Gasteiger partial charge < -0.3 is 9.80 Å². The Labute approximate surface area is 194 Å². The SMILES string of the molecule is CCn1nc(C(=O)N2CCCCC2)c2c1CCC(N1CCN(C(=O)c3cccs3)CC1)C2. The number of piperazine rings is 1. The molecule has 1 unspecified atom stereocenters. The summed E-state index contributed by atoms with van der Waals surface area (Å²) in [7, 11) is 0. The van der Waals surface area contributed by atoms with E-state index in [1.807, 2.05) is 27.3 Å². The first-order valence-corrected chi connectivity index (χ1v) is 13.0. The first-order valence-electron chi connectivity index (χ1n) is 12.1. The van der Waals surface area contributed by atoms with Crippen molar-refractivity contribution in [3.63, 3.8) is 0 Å². The predicted molar refractivity (Wildman–Crippen MR) is 125 cm³/mol. The quantitative estimate of drug-likeness (QED) is 0.711. The second kappa shape index (κ2) is 9.35. The van der Waals surface area contributed by atoms with Crippen LogP contribution in [0, 0.1) is 0 Å². The zero-order chi connectivity index (χ0) is 22.1. The van der Waals surface area contributed by atoms with E-state index in [2.05, 4.69) is 16.5 Å². The van der Waals surface area contributed by atoms with Gasteiger partial charge >= 0.3 is 0 Å². The van der Waals surface area contributed by atoms with Crippen LogP contribution < -0.4 is 0 Å². The van der Waals surface area contributed by atoms with Gasteiger partial charge in [0.1, 0.15) is 0 Å². The Morgan fingerprint density at radius 3 is 2.47 bits per heavy atom. The molecular weight excluding hydrogens is 422 g/mol. The van der Waals surface area contributed by atoms with E-state index in [1.165, 1.54) is 29.0 Å². The van der Waals surface area contributed by atoms with Crippen LogP contribution in [0.25, 0.3) is 0 Å². The largest absolute Gasteiger partial charge is 0.337 e. The van der Waals surface area contributed by atoms with Gasteiger partial charge in [-0.2, -0.15) is 5.10 Å². The molecule has 2 aromatic heterocycles. The standard InChI is InChI=1S/C24H33N5O2S/c1-2-29-20-9-8-18(17-19(20)22(25-29)24(31)27-10-4-3-5-11-27)26-12-14-28(15-13-26)23(30)21-7-6-16-32-21/h6-7,16,18H,2-5,8-15,17H2,1H3. The van der Waals surface area contributed by atoms with E-state index in [9.17, 15) is 9.59 Å². The fourth-order valence-corrected chi connectivity index (χ4v) is 6.20. The Hall–Kier alpha value is -2.19. The lowest BCUT2D eigenvalue weighted by atomic mass is 9.89. The lowest BCUT2D eigenvalue weighted by Gasteiger charge is -2.40. The number of carbonyl (C=O) groups is 2. The van der Waals surface area contributed by atoms with Gasteiger partial charge in [0, 0.05) is 63.1 Å². The lowest BCUT2D eigenvalue weighted by Crippen LogP contribution is -2.53. The predicted octanol–water partition coefficient (Wildman–Crippen LogP) is 2.91. The maximum Gasteiger partial charge on any atom is 0.274 e. The van der Waals surface area contributed by atoms with Crippen molar-refractivity contribution in [1.29, 1.82) is 0 Å². The van der Waals surface area contributed by atoms with Crippen LogP contribution in [-0.2, 0) is 19.4 Å². The molecule has 1 atom stereocenters. The van der Waals surface area contributed by atoms with Gasteiger partial charge in [0.2, 0.25) is 0 Å². The molecule has 0 spiro atoms. The Bertz CT molecular complexity index is 955. The highest BCUT2D eigenvalue weighted by atomic mass is 32.1. The number of thiophene rings is 1. The van der Waals surface area contributed by atoms with E-state index in [-0.39, 0.29) is 11.8 Å². The first kappa shape index (κ1) is 21.6. The van der Waals surface area contributed by atoms with Gasteiger partial charge in [0.05, 0.1) is 4.88 Å². The Morgan fingerprint density at radius 2 is 1.78 bits per heavy atom. The molecule has 1 aliphatic carbocycles. The van der Waals surface area contributed by atoms with Crippen LogP contribution in [0.1, 0.15) is 64.0 Å². The molecule has 0 radical (unpaired) electrons. The molecule has 2 fully saturated rings. The summed E-state index contributed by atoms with van der Waals surface area (Å²) in [5.41, 5.74) is 3.13. The third-order valence-corrected chi connectivity index (χ3v) is 8.17. The minimum Gasteiger partial charge on any atom is -0.337 e. The molecule has 2 saturated heterocycles. The smallest absolute Gasteiger partial charge is 0.274 e. The zero-order valence-corrected chi connectivity index (χ0v) is 19.8. The second-order valence-corrected chi connectivity index (χ2v) is 10.1. The Balaban J connectivity index is 1.27. The van der Waals surface area contributed by atoms with Gasteiger partial charge in [-0.15, -0.1) is 11.3 Å². The van der Waals surface area contributed by atoms with Crippen LogP contribution in [0.5, 0.6) is 0 Å². The minimum atomic E-state index is 0.125. The van der Waals surface area contributed by atoms with Gasteiger partial charge in [0.25, 0.3) is 11.8 Å². The van der Waals surface area contributed by atoms with E-state index in [1.54, 1.807) is 0 Å². The normalized spacial score (nSPS) is 22.1. The number of carbonyl (C=O) groups excluding carboxylic acids is 2. The summed E-state index contributed by atoms with van der Waals surface area (Å²) in [5.74, 6) is 0.282. The van der Waals surface area contributed by atoms with Crippen molar-refractivity contribution >= 4 is 23.2 Å². The maximum atomic E-state index is 13.3. The van der Waals surface area contributed by atoms with Crippen LogP contribution in [0.2, 0.25) is 0 Å². The molecule has 4 heterocycles. The molecule has 32 heavy (non-hydrogen) atoms. The average Bonchev–Trinajstić information content (AvgIpc) is 3.52. The summed E-state index contributed by atoms with van der Waals surface area (Å²) in [6, 6.07) is 4.27. The van der Waals surface area contributed by atoms with Gasteiger partial charge in [-0.3, -0.25) is 19.2 Å². The number of amides is 2. The van der Waals surface area contributed by atoms with Crippen LogP contribution in [0.15, 0.2) is 17.5 Å². The average molecular weight is 456 g/mol. The van der Waals surface area contributed by atoms with E-state index in [4.69, 9.17) is 5.10 Å². The molecule has 2 aromatic rings. The summed E-state index contributed by atoms with van der Waals surface area (Å²) < 4.78 is 2.06. The number of hydrogen-bond acceptors (Lipinski definition) is 5. The highest BCUT2D eigenvalue weighted by Gasteiger charge is 2.34. The fraction of sp³-hybridized carbons (Fsp3) is 0.625. The molecule has 5 rings (SSSR count). The molecule has 172 valence electrons. The molecule has 0 aromatic carbocycles. The number of aromatic nitrogens is 2. The van der Waals surface area contributed by atoms with E-state index in [0.717, 1.165) is 82.8 Å². The molecule has 0 saturated carbocycles. The highest BCUT2D eigenvalue weighted by molar-refractivity contribution is 7.12. The molecule has 3 aliphatic rings. The number of hydrogen-bond donors (Lipinski definition) is 0. The molecule has 0 bridgehead atoms. The van der Waals surface area contributed by atoms with Crippen LogP contribution in [0.3, 0.4) is 0 Å². The summed E-state index contributed by atoms with van der Waals surface area (Å²) in [6.07, 6.45) is 6.37. The van der Waals surface area contributed by atoms with Gasteiger partial charge in [-0.1, -0.05) is 6.07 Å². The van der Waals surface area contributed by atoms with Crippen LogP contribution >= 0.6 is 11.3 Å². The number of piperidine rings is 1. The Morgan fingerprint density at radius 1 is 1.03 bits per heavy atom. The summed E-state index contributed by atoms with van der Waals surface area (Å²) >= 11 is 1.52. The van der Waals surface area contributed by atoms with E-state index < -0.39 is 0 Å². The number of nitrogens with zero attached hydrogens (tertiary/aromatic N) is 5. The molecule has 2 amide bonds. The maximum absolute atomic E-state index is 13.3. The zero-order valence-electron chi connectivity index (χ0n) is 19.0. The van der Waals surface area contributed by atoms with E-state index in [0.29, 0.717) is 11.7 Å². The van der Waals surface area contributed by atoms with Gasteiger partial charge in [0.15, 0.2) is 5.69 Å². The summed E-state index contributed by atoms with van der Waals surface area (Å²) in [4.78, 5) is 33.3. The fourth-order valence-electron chi connectivity index (χ4n) is 5.51. The molecule has 8 heteroatoms. The van der Waals surface area contributed by atoms with Crippen molar-refractivity contribution in [1.82, 2.24) is 24.5 Å². The molecule has 2 aliphatic heterocycles. The van der Waals surface area contributed by atoms with Crippen molar-refractivity contribution in [2.45, 2.75) is 58.0 Å². The number of likely N-dealkylation sites (tertiary alicyclic amines) is 1. The van der Waals surface area contributed by atoms with Crippen LogP contribution in [-0.4, -0.2) is 81.6 Å². The topological polar surface area (TPSA) is 61.7 Å².